The third-order valence-electron chi connectivity index (χ3n) is 2.83. The fourth-order valence-corrected chi connectivity index (χ4v) is 1.91. The summed E-state index contributed by atoms with van der Waals surface area (Å²) in [6.07, 6.45) is -0.124. The first kappa shape index (κ1) is 12.3. The van der Waals surface area contributed by atoms with Gasteiger partial charge in [-0.25, -0.2) is 9.18 Å². The standard InChI is InChI=1S/C12H13FN2O3/c13-10-3-1-2-8-6-15(7-9(8)10)12(18)14-5-4-11(16)17/h1-3H,4-7H2,(H,14,18)(H,16,17). The van der Waals surface area contributed by atoms with Crippen LogP contribution in [-0.2, 0) is 17.9 Å². The maximum atomic E-state index is 13.4. The van der Waals surface area contributed by atoms with E-state index < -0.39 is 5.97 Å². The van der Waals surface area contributed by atoms with Gasteiger partial charge in [0.15, 0.2) is 0 Å². The van der Waals surface area contributed by atoms with Gasteiger partial charge in [0.05, 0.1) is 13.0 Å². The van der Waals surface area contributed by atoms with Crippen LogP contribution in [0.2, 0.25) is 0 Å². The molecule has 1 aliphatic rings. The van der Waals surface area contributed by atoms with Crippen molar-refractivity contribution in [3.8, 4) is 0 Å². The lowest BCUT2D eigenvalue weighted by atomic mass is 10.1. The van der Waals surface area contributed by atoms with Gasteiger partial charge in [0, 0.05) is 18.7 Å². The Kier molecular flexibility index (Phi) is 3.45. The number of nitrogens with one attached hydrogen (secondary N) is 1. The smallest absolute Gasteiger partial charge is 0.318 e. The van der Waals surface area contributed by atoms with Gasteiger partial charge < -0.3 is 15.3 Å². The quantitative estimate of drug-likeness (QED) is 0.852. The third-order valence-corrected chi connectivity index (χ3v) is 2.83. The molecule has 0 saturated heterocycles. The molecule has 1 heterocycles. The molecule has 1 aliphatic heterocycles. The maximum Gasteiger partial charge on any atom is 0.318 e. The van der Waals surface area contributed by atoms with E-state index in [-0.39, 0.29) is 31.4 Å². The highest BCUT2D eigenvalue weighted by Gasteiger charge is 2.25. The number of fused-ring (bicyclic) bond motifs is 1. The fourth-order valence-electron chi connectivity index (χ4n) is 1.91. The van der Waals surface area contributed by atoms with E-state index in [1.807, 2.05) is 0 Å². The maximum absolute atomic E-state index is 13.4. The van der Waals surface area contributed by atoms with Crippen LogP contribution in [0.15, 0.2) is 18.2 Å². The Balaban J connectivity index is 1.92. The molecule has 1 aromatic carbocycles. The van der Waals surface area contributed by atoms with Crippen LogP contribution in [0.3, 0.4) is 0 Å². The molecule has 6 heteroatoms. The SMILES string of the molecule is O=C(O)CCNC(=O)N1Cc2cccc(F)c2C1. The van der Waals surface area contributed by atoms with Gasteiger partial charge >= 0.3 is 12.0 Å². The van der Waals surface area contributed by atoms with Crippen molar-refractivity contribution in [2.45, 2.75) is 19.5 Å². The van der Waals surface area contributed by atoms with Crippen LogP contribution in [-0.4, -0.2) is 28.6 Å². The molecule has 2 rings (SSSR count). The van der Waals surface area contributed by atoms with E-state index in [0.29, 0.717) is 12.1 Å². The predicted octanol–water partition coefficient (Wildman–Crippen LogP) is 1.33. The normalized spacial score (nSPS) is 13.3. The van der Waals surface area contributed by atoms with Crippen LogP contribution in [0.25, 0.3) is 0 Å². The molecule has 0 aromatic heterocycles. The van der Waals surface area contributed by atoms with Crippen LogP contribution >= 0.6 is 0 Å². The Morgan fingerprint density at radius 3 is 2.83 bits per heavy atom. The van der Waals surface area contributed by atoms with Gasteiger partial charge in [-0.2, -0.15) is 0 Å². The lowest BCUT2D eigenvalue weighted by Crippen LogP contribution is -2.37. The number of hydrogen-bond acceptors (Lipinski definition) is 2. The summed E-state index contributed by atoms with van der Waals surface area (Å²) < 4.78 is 13.4. The third kappa shape index (κ3) is 2.58. The molecule has 5 nitrogen and oxygen atoms in total. The molecule has 0 saturated carbocycles. The first-order valence-corrected chi connectivity index (χ1v) is 5.59. The van der Waals surface area contributed by atoms with E-state index in [1.54, 1.807) is 12.1 Å². The Morgan fingerprint density at radius 1 is 1.39 bits per heavy atom. The summed E-state index contributed by atoms with van der Waals surface area (Å²) in [4.78, 5) is 23.5. The highest BCUT2D eigenvalue weighted by Crippen LogP contribution is 2.24. The Labute approximate surface area is 103 Å². The molecule has 0 fully saturated rings. The number of carbonyl (C=O) groups excluding carboxylic acids is 1. The first-order valence-electron chi connectivity index (χ1n) is 5.59. The number of benzene rings is 1. The second-order valence-corrected chi connectivity index (χ2v) is 4.11. The van der Waals surface area contributed by atoms with Gasteiger partial charge in [0.2, 0.25) is 0 Å². The molecule has 0 unspecified atom stereocenters. The summed E-state index contributed by atoms with van der Waals surface area (Å²) in [5.41, 5.74) is 1.33. The van der Waals surface area contributed by atoms with E-state index in [0.717, 1.165) is 5.56 Å². The van der Waals surface area contributed by atoms with Gasteiger partial charge in [-0.1, -0.05) is 12.1 Å². The van der Waals surface area contributed by atoms with Crippen molar-refractivity contribution >= 4 is 12.0 Å². The topological polar surface area (TPSA) is 69.6 Å². The van der Waals surface area contributed by atoms with Gasteiger partial charge in [-0.15, -0.1) is 0 Å². The second kappa shape index (κ2) is 5.03. The summed E-state index contributed by atoms with van der Waals surface area (Å²) in [6.45, 7) is 0.649. The monoisotopic (exact) mass is 252 g/mol. The summed E-state index contributed by atoms with van der Waals surface area (Å²) >= 11 is 0. The lowest BCUT2D eigenvalue weighted by molar-refractivity contribution is -0.136. The number of carboxylic acid groups (broad SMARTS) is 1. The van der Waals surface area contributed by atoms with Crippen LogP contribution in [0.1, 0.15) is 17.5 Å². The van der Waals surface area contributed by atoms with Crippen molar-refractivity contribution in [2.24, 2.45) is 0 Å². The summed E-state index contributed by atoms with van der Waals surface area (Å²) in [7, 11) is 0. The number of hydrogen-bond donors (Lipinski definition) is 2. The van der Waals surface area contributed by atoms with Crippen LogP contribution < -0.4 is 5.32 Å². The molecular weight excluding hydrogens is 239 g/mol. The van der Waals surface area contributed by atoms with E-state index in [4.69, 9.17) is 5.11 Å². The summed E-state index contributed by atoms with van der Waals surface area (Å²) in [5.74, 6) is -1.28. The fraction of sp³-hybridized carbons (Fsp3) is 0.333. The Morgan fingerprint density at radius 2 is 2.17 bits per heavy atom. The number of carbonyl (C=O) groups is 2. The van der Waals surface area contributed by atoms with Gasteiger partial charge in [0.25, 0.3) is 0 Å². The molecule has 96 valence electrons. The zero-order valence-corrected chi connectivity index (χ0v) is 9.65. The molecular formula is C12H13FN2O3. The Bertz CT molecular complexity index is 490. The molecule has 0 atom stereocenters. The number of rotatable bonds is 3. The van der Waals surface area contributed by atoms with Gasteiger partial charge in [-0.3, -0.25) is 4.79 Å². The molecule has 2 N–H and O–H groups in total. The molecule has 1 aromatic rings. The van der Waals surface area contributed by atoms with E-state index >= 15 is 0 Å². The number of carboxylic acids is 1. The number of aliphatic carboxylic acids is 1. The molecule has 2 amide bonds. The Hall–Kier alpha value is -2.11. The highest BCUT2D eigenvalue weighted by atomic mass is 19.1. The predicted molar refractivity (Wildman–Crippen MR) is 61.3 cm³/mol. The largest absolute Gasteiger partial charge is 0.481 e. The highest BCUT2D eigenvalue weighted by molar-refractivity contribution is 5.76. The number of halogens is 1. The van der Waals surface area contributed by atoms with Gasteiger partial charge in [0.1, 0.15) is 5.82 Å². The number of amides is 2. The molecule has 0 aliphatic carbocycles. The average Bonchev–Trinajstić information content (AvgIpc) is 2.74. The molecule has 18 heavy (non-hydrogen) atoms. The van der Waals surface area contributed by atoms with Crippen LogP contribution in [0.5, 0.6) is 0 Å². The first-order chi connectivity index (χ1) is 8.58. The van der Waals surface area contributed by atoms with E-state index in [2.05, 4.69) is 5.32 Å². The minimum atomic E-state index is -0.967. The lowest BCUT2D eigenvalue weighted by Gasteiger charge is -2.15. The second-order valence-electron chi connectivity index (χ2n) is 4.11. The van der Waals surface area contributed by atoms with Crippen molar-refractivity contribution in [3.05, 3.63) is 35.1 Å². The summed E-state index contributed by atoms with van der Waals surface area (Å²) in [5, 5.41) is 10.9. The minimum Gasteiger partial charge on any atom is -0.481 e. The van der Waals surface area contributed by atoms with Crippen molar-refractivity contribution in [1.29, 1.82) is 0 Å². The van der Waals surface area contributed by atoms with Crippen LogP contribution in [0.4, 0.5) is 9.18 Å². The zero-order valence-electron chi connectivity index (χ0n) is 9.65. The van der Waals surface area contributed by atoms with Crippen molar-refractivity contribution < 1.29 is 19.1 Å². The van der Waals surface area contributed by atoms with Crippen molar-refractivity contribution in [1.82, 2.24) is 10.2 Å². The van der Waals surface area contributed by atoms with Crippen molar-refractivity contribution in [2.75, 3.05) is 6.54 Å². The molecule has 0 bridgehead atoms. The molecule has 0 radical (unpaired) electrons. The number of nitrogens with zero attached hydrogens (tertiary/aromatic N) is 1. The van der Waals surface area contributed by atoms with Crippen molar-refractivity contribution in [3.63, 3.8) is 0 Å². The zero-order chi connectivity index (χ0) is 13.1. The molecule has 0 spiro atoms. The minimum absolute atomic E-state index is 0.0729. The van der Waals surface area contributed by atoms with Crippen LogP contribution in [0, 0.1) is 5.82 Å². The van der Waals surface area contributed by atoms with E-state index in [1.165, 1.54) is 11.0 Å². The van der Waals surface area contributed by atoms with Gasteiger partial charge in [-0.05, 0) is 11.6 Å². The summed E-state index contributed by atoms with van der Waals surface area (Å²) in [6, 6.07) is 4.39. The van der Waals surface area contributed by atoms with E-state index in [9.17, 15) is 14.0 Å². The number of urea groups is 1. The average molecular weight is 252 g/mol.